The van der Waals surface area contributed by atoms with Crippen molar-refractivity contribution in [3.63, 3.8) is 0 Å². The minimum Gasteiger partial charge on any atom is -0.461 e. The van der Waals surface area contributed by atoms with E-state index in [4.69, 9.17) is 9.47 Å². The van der Waals surface area contributed by atoms with E-state index >= 15 is 0 Å². The van der Waals surface area contributed by atoms with E-state index in [9.17, 15) is 24.3 Å². The van der Waals surface area contributed by atoms with Crippen LogP contribution in [0.3, 0.4) is 0 Å². The van der Waals surface area contributed by atoms with Crippen LogP contribution >= 0.6 is 0 Å². The number of hydrogen-bond acceptors (Lipinski definition) is 8. The lowest BCUT2D eigenvalue weighted by Gasteiger charge is -2.25. The van der Waals surface area contributed by atoms with Crippen molar-refractivity contribution in [2.75, 3.05) is 13.2 Å². The van der Waals surface area contributed by atoms with Gasteiger partial charge in [-0.2, -0.15) is 0 Å². The molecule has 1 aromatic carbocycles. The molecule has 1 amide bonds. The number of aliphatic hydroxyl groups excluding tert-OH is 1. The first-order valence-corrected chi connectivity index (χ1v) is 13.7. The fourth-order valence-corrected chi connectivity index (χ4v) is 3.82. The van der Waals surface area contributed by atoms with Gasteiger partial charge in [0.1, 0.15) is 19.4 Å². The van der Waals surface area contributed by atoms with E-state index in [2.05, 4.69) is 30.7 Å². The van der Waals surface area contributed by atoms with Gasteiger partial charge in [-0.3, -0.25) is 24.5 Å². The summed E-state index contributed by atoms with van der Waals surface area (Å²) in [6.45, 7) is 11.1. The number of ether oxygens (including phenoxy) is 2. The number of hydrogen-bond donors (Lipinski definition) is 3. The molecule has 0 aliphatic carbocycles. The van der Waals surface area contributed by atoms with Crippen LogP contribution in [0.4, 0.5) is 0 Å². The lowest BCUT2D eigenvalue weighted by Crippen LogP contribution is -2.45. The summed E-state index contributed by atoms with van der Waals surface area (Å²) in [7, 11) is 0. The summed E-state index contributed by atoms with van der Waals surface area (Å²) >= 11 is 0. The molecule has 0 aromatic heterocycles. The SMILES string of the molecule is C=C/C=C\C(=C)COC(=O)C[C@@H](NC(C)=O)C(=O)C[C@@H](CC(=O)OCc1ccccc1)C(O)NCCCCCC. The summed E-state index contributed by atoms with van der Waals surface area (Å²) in [4.78, 5) is 50.1. The molecule has 0 saturated heterocycles. The van der Waals surface area contributed by atoms with E-state index in [-0.39, 0.29) is 26.1 Å². The third kappa shape index (κ3) is 15.8. The Hall–Kier alpha value is -3.56. The highest BCUT2D eigenvalue weighted by Crippen LogP contribution is 2.18. The van der Waals surface area contributed by atoms with Gasteiger partial charge in [0.15, 0.2) is 5.78 Å². The zero-order valence-electron chi connectivity index (χ0n) is 23.7. The van der Waals surface area contributed by atoms with Crippen LogP contribution in [0.25, 0.3) is 0 Å². The highest BCUT2D eigenvalue weighted by Gasteiger charge is 2.31. The number of aliphatic hydroxyl groups is 1. The van der Waals surface area contributed by atoms with Gasteiger partial charge < -0.3 is 19.9 Å². The van der Waals surface area contributed by atoms with Crippen LogP contribution in [-0.2, 0) is 35.3 Å². The molecule has 220 valence electrons. The number of nitrogens with one attached hydrogen (secondary N) is 2. The number of benzene rings is 1. The molecule has 0 radical (unpaired) electrons. The molecule has 0 fully saturated rings. The van der Waals surface area contributed by atoms with Crippen molar-refractivity contribution in [3.8, 4) is 0 Å². The Bertz CT molecular complexity index is 991. The average Bonchev–Trinajstić information content (AvgIpc) is 2.93. The van der Waals surface area contributed by atoms with Crippen molar-refractivity contribution < 1.29 is 33.8 Å². The van der Waals surface area contributed by atoms with Gasteiger partial charge in [0.05, 0.1) is 18.9 Å². The average molecular weight is 557 g/mol. The predicted octanol–water partition coefficient (Wildman–Crippen LogP) is 3.92. The maximum Gasteiger partial charge on any atom is 0.308 e. The molecule has 40 heavy (non-hydrogen) atoms. The summed E-state index contributed by atoms with van der Waals surface area (Å²) in [5.41, 5.74) is 1.34. The van der Waals surface area contributed by atoms with Crippen LogP contribution in [0.5, 0.6) is 0 Å². The predicted molar refractivity (Wildman–Crippen MR) is 154 cm³/mol. The van der Waals surface area contributed by atoms with Crippen molar-refractivity contribution in [1.82, 2.24) is 10.6 Å². The number of esters is 2. The second-order valence-electron chi connectivity index (χ2n) is 9.61. The van der Waals surface area contributed by atoms with Gasteiger partial charge in [-0.1, -0.05) is 87.9 Å². The molecule has 9 nitrogen and oxygen atoms in total. The molecule has 0 aliphatic rings. The van der Waals surface area contributed by atoms with Crippen molar-refractivity contribution >= 4 is 23.6 Å². The smallest absolute Gasteiger partial charge is 0.308 e. The summed E-state index contributed by atoms with van der Waals surface area (Å²) in [5, 5.41) is 16.3. The van der Waals surface area contributed by atoms with E-state index in [0.717, 1.165) is 31.2 Å². The molecule has 0 bridgehead atoms. The van der Waals surface area contributed by atoms with Crippen molar-refractivity contribution in [2.24, 2.45) is 5.92 Å². The minimum atomic E-state index is -1.18. The molecule has 0 heterocycles. The molecule has 0 aliphatic heterocycles. The molecule has 1 unspecified atom stereocenters. The number of unbranched alkanes of at least 4 members (excludes halogenated alkanes) is 3. The number of Topliss-reactive ketones (excluding diaryl/α,β-unsaturated/α-hetero) is 1. The van der Waals surface area contributed by atoms with Crippen LogP contribution in [0, 0.1) is 5.92 Å². The maximum atomic E-state index is 13.2. The van der Waals surface area contributed by atoms with Gasteiger partial charge in [-0.15, -0.1) is 0 Å². The Morgan fingerprint density at radius 2 is 1.70 bits per heavy atom. The van der Waals surface area contributed by atoms with Gasteiger partial charge in [0, 0.05) is 19.3 Å². The van der Waals surface area contributed by atoms with Gasteiger partial charge in [0.2, 0.25) is 5.91 Å². The Morgan fingerprint density at radius 3 is 2.35 bits per heavy atom. The Morgan fingerprint density at radius 1 is 1.00 bits per heavy atom. The molecule has 0 spiro atoms. The maximum absolute atomic E-state index is 13.2. The number of carbonyl (C=O) groups is 4. The normalized spacial score (nSPS) is 13.2. The number of ketones is 1. The molecule has 9 heteroatoms. The fourth-order valence-electron chi connectivity index (χ4n) is 3.82. The Balaban J connectivity index is 2.87. The lowest BCUT2D eigenvalue weighted by molar-refractivity contribution is -0.149. The van der Waals surface area contributed by atoms with Gasteiger partial charge in [-0.05, 0) is 24.1 Å². The van der Waals surface area contributed by atoms with Gasteiger partial charge in [-0.25, -0.2) is 0 Å². The summed E-state index contributed by atoms with van der Waals surface area (Å²) < 4.78 is 10.5. The highest BCUT2D eigenvalue weighted by atomic mass is 16.5. The molecular formula is C31H44N2O7. The Kier molecular flexibility index (Phi) is 17.5. The Labute approximate surface area is 237 Å². The quantitative estimate of drug-likeness (QED) is 0.0899. The number of amides is 1. The standard InChI is InChI=1S/C31H44N2O7/c1-5-7-9-13-17-32-31(38)26(19-29(36)40-22-25-15-11-10-12-16-25)18-28(35)27(33-24(4)34)20-30(37)39-21-23(3)14-8-6-2/h6,8,10-12,14-16,26-27,31-32,38H,2-3,5,7,9,13,17-22H2,1,4H3,(H,33,34)/b14-8-/t26-,27+,31?/m0/s1. The van der Waals surface area contributed by atoms with Crippen molar-refractivity contribution in [2.45, 2.75) is 77.7 Å². The van der Waals surface area contributed by atoms with Crippen molar-refractivity contribution in [3.05, 3.63) is 72.9 Å². The van der Waals surface area contributed by atoms with Crippen LogP contribution in [0.15, 0.2) is 67.3 Å². The highest BCUT2D eigenvalue weighted by molar-refractivity contribution is 5.92. The molecule has 3 N–H and O–H groups in total. The summed E-state index contributed by atoms with van der Waals surface area (Å²) in [6, 6.07) is 7.98. The fraction of sp³-hybridized carbons (Fsp3) is 0.484. The third-order valence-corrected chi connectivity index (χ3v) is 5.99. The minimum absolute atomic E-state index is 0.0640. The summed E-state index contributed by atoms with van der Waals surface area (Å²) in [6.07, 6.45) is 6.73. The van der Waals surface area contributed by atoms with Gasteiger partial charge >= 0.3 is 11.9 Å². The van der Waals surface area contributed by atoms with Gasteiger partial charge in [0.25, 0.3) is 0 Å². The lowest BCUT2D eigenvalue weighted by atomic mass is 9.92. The number of carbonyl (C=O) groups excluding carboxylic acids is 4. The second kappa shape index (κ2) is 20.4. The van der Waals surface area contributed by atoms with Crippen LogP contribution in [0.2, 0.25) is 0 Å². The van der Waals surface area contributed by atoms with E-state index in [1.54, 1.807) is 18.2 Å². The van der Waals surface area contributed by atoms with E-state index < -0.39 is 48.2 Å². The van der Waals surface area contributed by atoms with Crippen LogP contribution in [0.1, 0.15) is 64.4 Å². The zero-order valence-corrected chi connectivity index (χ0v) is 23.7. The topological polar surface area (TPSA) is 131 Å². The van der Waals surface area contributed by atoms with Crippen LogP contribution in [-0.4, -0.2) is 54.2 Å². The van der Waals surface area contributed by atoms with E-state index in [1.165, 1.54) is 6.92 Å². The number of rotatable bonds is 21. The van der Waals surface area contributed by atoms with E-state index in [0.29, 0.717) is 12.1 Å². The molecular weight excluding hydrogens is 512 g/mol. The molecule has 1 rings (SSSR count). The van der Waals surface area contributed by atoms with E-state index in [1.807, 2.05) is 30.3 Å². The number of allylic oxidation sites excluding steroid dienone is 2. The first kappa shape index (κ1) is 34.5. The third-order valence-electron chi connectivity index (χ3n) is 5.99. The first-order valence-electron chi connectivity index (χ1n) is 13.7. The summed E-state index contributed by atoms with van der Waals surface area (Å²) in [5.74, 6) is -3.12. The largest absolute Gasteiger partial charge is 0.461 e. The van der Waals surface area contributed by atoms with Crippen molar-refractivity contribution in [1.29, 1.82) is 0 Å². The monoisotopic (exact) mass is 556 g/mol. The molecule has 3 atom stereocenters. The molecule has 0 saturated carbocycles. The molecule has 1 aromatic rings. The first-order chi connectivity index (χ1) is 19.2. The zero-order chi connectivity index (χ0) is 29.8. The second-order valence-corrected chi connectivity index (χ2v) is 9.61. The van der Waals surface area contributed by atoms with Crippen LogP contribution < -0.4 is 10.6 Å².